The zero-order chi connectivity index (χ0) is 13.4. The molecular weight excluding hydrogens is 238 g/mol. The molecule has 1 unspecified atom stereocenters. The number of nitrogens with one attached hydrogen (secondary N) is 1. The molecule has 0 spiro atoms. The second kappa shape index (κ2) is 4.51. The van der Waals surface area contributed by atoms with Gasteiger partial charge in [-0.3, -0.25) is 4.40 Å². The summed E-state index contributed by atoms with van der Waals surface area (Å²) in [5, 5.41) is 3.18. The Balaban J connectivity index is 2.16. The third kappa shape index (κ3) is 2.02. The van der Waals surface area contributed by atoms with Crippen LogP contribution in [0.25, 0.3) is 16.8 Å². The van der Waals surface area contributed by atoms with Gasteiger partial charge in [-0.25, -0.2) is 9.97 Å². The molecule has 0 aliphatic rings. The van der Waals surface area contributed by atoms with Gasteiger partial charge < -0.3 is 11.1 Å². The van der Waals surface area contributed by atoms with Crippen LogP contribution in [0.3, 0.4) is 0 Å². The third-order valence-corrected chi connectivity index (χ3v) is 3.24. The van der Waals surface area contributed by atoms with Crippen molar-refractivity contribution in [3.8, 4) is 0 Å². The highest BCUT2D eigenvalue weighted by molar-refractivity contribution is 5.79. The molecule has 3 rings (SSSR count). The number of anilines is 1. The molecule has 0 aromatic carbocycles. The topological polar surface area (TPSA) is 68.2 Å². The summed E-state index contributed by atoms with van der Waals surface area (Å²) >= 11 is 0. The molecule has 0 fully saturated rings. The van der Waals surface area contributed by atoms with Gasteiger partial charge in [-0.15, -0.1) is 0 Å². The van der Waals surface area contributed by atoms with Crippen LogP contribution in [0.2, 0.25) is 0 Å². The Morgan fingerprint density at radius 3 is 2.89 bits per heavy atom. The maximum absolute atomic E-state index is 5.89. The molecule has 0 radical (unpaired) electrons. The summed E-state index contributed by atoms with van der Waals surface area (Å²) in [4.78, 5) is 9.20. The van der Waals surface area contributed by atoms with Crippen LogP contribution in [0, 0.1) is 6.92 Å². The fraction of sp³-hybridized carbons (Fsp3) is 0.286. The fourth-order valence-corrected chi connectivity index (χ4v) is 2.11. The minimum absolute atomic E-state index is 0.0779. The lowest BCUT2D eigenvalue weighted by molar-refractivity contribution is 0.726. The maximum atomic E-state index is 5.89. The van der Waals surface area contributed by atoms with E-state index in [4.69, 9.17) is 5.73 Å². The highest BCUT2D eigenvalue weighted by Crippen LogP contribution is 2.19. The van der Waals surface area contributed by atoms with Crippen LogP contribution >= 0.6 is 0 Å². The number of hydrogen-bond donors (Lipinski definition) is 2. The Hall–Kier alpha value is -2.14. The molecule has 3 N–H and O–H groups in total. The molecule has 5 nitrogen and oxygen atoms in total. The molecule has 0 aliphatic heterocycles. The van der Waals surface area contributed by atoms with Gasteiger partial charge in [-0.05, 0) is 37.1 Å². The standard InChI is InChI=1S/C14H17N5/c1-3-11(15)17-12-7-6-10-14(18-12)19-8-4-5-9(2)13(19)16-10/h4-8,11H,3,15H2,1-2H3,(H,17,18). The molecule has 5 heteroatoms. The minimum Gasteiger partial charge on any atom is -0.355 e. The van der Waals surface area contributed by atoms with Crippen molar-refractivity contribution in [1.82, 2.24) is 14.4 Å². The van der Waals surface area contributed by atoms with E-state index in [0.29, 0.717) is 0 Å². The van der Waals surface area contributed by atoms with Crippen LogP contribution in [-0.2, 0) is 0 Å². The fourth-order valence-electron chi connectivity index (χ4n) is 2.11. The van der Waals surface area contributed by atoms with Crippen molar-refractivity contribution in [2.45, 2.75) is 26.4 Å². The van der Waals surface area contributed by atoms with E-state index < -0.39 is 0 Å². The first-order valence-corrected chi connectivity index (χ1v) is 6.45. The Morgan fingerprint density at radius 2 is 2.11 bits per heavy atom. The number of aryl methyl sites for hydroxylation is 1. The highest BCUT2D eigenvalue weighted by Gasteiger charge is 2.09. The summed E-state index contributed by atoms with van der Waals surface area (Å²) in [5.74, 6) is 0.783. The molecule has 0 saturated carbocycles. The van der Waals surface area contributed by atoms with Gasteiger partial charge in [-0.2, -0.15) is 0 Å². The first kappa shape index (κ1) is 11.9. The van der Waals surface area contributed by atoms with E-state index >= 15 is 0 Å². The monoisotopic (exact) mass is 255 g/mol. The number of fused-ring (bicyclic) bond motifs is 3. The quantitative estimate of drug-likeness (QED) is 0.705. The molecule has 1 atom stereocenters. The molecule has 3 aromatic heterocycles. The van der Waals surface area contributed by atoms with Crippen LogP contribution in [0.15, 0.2) is 30.5 Å². The molecule has 0 aliphatic carbocycles. The summed E-state index contributed by atoms with van der Waals surface area (Å²) in [6, 6.07) is 7.94. The average Bonchev–Trinajstić information content (AvgIpc) is 2.78. The molecule has 19 heavy (non-hydrogen) atoms. The van der Waals surface area contributed by atoms with E-state index in [9.17, 15) is 0 Å². The Morgan fingerprint density at radius 1 is 1.26 bits per heavy atom. The van der Waals surface area contributed by atoms with E-state index in [0.717, 1.165) is 34.6 Å². The number of aromatic nitrogens is 3. The lowest BCUT2D eigenvalue weighted by atomic mass is 10.3. The zero-order valence-electron chi connectivity index (χ0n) is 11.1. The van der Waals surface area contributed by atoms with E-state index in [1.54, 1.807) is 0 Å². The second-order valence-electron chi connectivity index (χ2n) is 4.69. The van der Waals surface area contributed by atoms with Gasteiger partial charge in [-0.1, -0.05) is 13.0 Å². The molecule has 0 bridgehead atoms. The van der Waals surface area contributed by atoms with Gasteiger partial charge >= 0.3 is 0 Å². The number of nitrogens with two attached hydrogens (primary N) is 1. The van der Waals surface area contributed by atoms with Gasteiger partial charge in [0.05, 0.1) is 6.17 Å². The summed E-state index contributed by atoms with van der Waals surface area (Å²) in [6.07, 6.45) is 2.76. The minimum atomic E-state index is -0.0779. The predicted molar refractivity (Wildman–Crippen MR) is 77.1 cm³/mol. The smallest absolute Gasteiger partial charge is 0.166 e. The first-order chi connectivity index (χ1) is 9.19. The van der Waals surface area contributed by atoms with Crippen LogP contribution in [-0.4, -0.2) is 20.5 Å². The van der Waals surface area contributed by atoms with Crippen molar-refractivity contribution in [3.63, 3.8) is 0 Å². The van der Waals surface area contributed by atoms with Crippen molar-refractivity contribution >= 4 is 22.6 Å². The highest BCUT2D eigenvalue weighted by atomic mass is 15.1. The molecular formula is C14H17N5. The number of hydrogen-bond acceptors (Lipinski definition) is 4. The summed E-state index contributed by atoms with van der Waals surface area (Å²) in [6.45, 7) is 4.08. The zero-order valence-corrected chi connectivity index (χ0v) is 11.1. The van der Waals surface area contributed by atoms with E-state index in [1.807, 2.05) is 48.7 Å². The SMILES string of the molecule is CCC(N)Nc1ccc2nc3c(C)cccn3c2n1. The van der Waals surface area contributed by atoms with Crippen LogP contribution in [0.4, 0.5) is 5.82 Å². The van der Waals surface area contributed by atoms with Crippen LogP contribution in [0.5, 0.6) is 0 Å². The van der Waals surface area contributed by atoms with Gasteiger partial charge in [0.25, 0.3) is 0 Å². The Kier molecular flexibility index (Phi) is 2.83. The molecule has 98 valence electrons. The Bertz CT molecular complexity index is 731. The van der Waals surface area contributed by atoms with E-state index in [1.165, 1.54) is 0 Å². The van der Waals surface area contributed by atoms with Gasteiger partial charge in [0.2, 0.25) is 0 Å². The van der Waals surface area contributed by atoms with Crippen molar-refractivity contribution in [2.75, 3.05) is 5.32 Å². The second-order valence-corrected chi connectivity index (χ2v) is 4.69. The average molecular weight is 255 g/mol. The van der Waals surface area contributed by atoms with Crippen LogP contribution < -0.4 is 11.1 Å². The number of pyridine rings is 2. The predicted octanol–water partition coefficient (Wildman–Crippen LogP) is 2.30. The normalized spacial score (nSPS) is 13.0. The molecule has 0 amide bonds. The van der Waals surface area contributed by atoms with Crippen molar-refractivity contribution in [1.29, 1.82) is 0 Å². The molecule has 3 heterocycles. The number of rotatable bonds is 3. The van der Waals surface area contributed by atoms with Gasteiger partial charge in [0.1, 0.15) is 17.0 Å². The van der Waals surface area contributed by atoms with Gasteiger partial charge in [0, 0.05) is 6.20 Å². The summed E-state index contributed by atoms with van der Waals surface area (Å²) in [7, 11) is 0. The number of nitrogens with zero attached hydrogens (tertiary/aromatic N) is 3. The van der Waals surface area contributed by atoms with E-state index in [-0.39, 0.29) is 6.17 Å². The molecule has 3 aromatic rings. The van der Waals surface area contributed by atoms with Crippen molar-refractivity contribution in [2.24, 2.45) is 5.73 Å². The number of imidazole rings is 1. The van der Waals surface area contributed by atoms with Crippen molar-refractivity contribution < 1.29 is 0 Å². The Labute approximate surface area is 111 Å². The maximum Gasteiger partial charge on any atom is 0.166 e. The van der Waals surface area contributed by atoms with E-state index in [2.05, 4.69) is 15.3 Å². The van der Waals surface area contributed by atoms with Crippen molar-refractivity contribution in [3.05, 3.63) is 36.0 Å². The lowest BCUT2D eigenvalue weighted by Gasteiger charge is -2.11. The lowest BCUT2D eigenvalue weighted by Crippen LogP contribution is -2.28. The molecule has 0 saturated heterocycles. The largest absolute Gasteiger partial charge is 0.355 e. The third-order valence-electron chi connectivity index (χ3n) is 3.24. The summed E-state index contributed by atoms with van der Waals surface area (Å²) in [5.41, 5.74) is 9.72. The van der Waals surface area contributed by atoms with Crippen LogP contribution in [0.1, 0.15) is 18.9 Å². The van der Waals surface area contributed by atoms with Gasteiger partial charge in [0.15, 0.2) is 5.65 Å². The summed E-state index contributed by atoms with van der Waals surface area (Å²) < 4.78 is 2.01. The first-order valence-electron chi connectivity index (χ1n) is 6.45.